The summed E-state index contributed by atoms with van der Waals surface area (Å²) in [4.78, 5) is 39.1. The number of fused-ring (bicyclic) bond motifs is 1. The number of benzene rings is 1. The molecule has 0 aromatic heterocycles. The summed E-state index contributed by atoms with van der Waals surface area (Å²) >= 11 is 0. The Bertz CT molecular complexity index is 757. The molecule has 3 aliphatic rings. The zero-order valence-corrected chi connectivity index (χ0v) is 16.5. The quantitative estimate of drug-likeness (QED) is 0.686. The number of likely N-dealkylation sites (tertiary alicyclic amines) is 1. The molecule has 2 saturated carbocycles. The summed E-state index contributed by atoms with van der Waals surface area (Å²) in [7, 11) is 0. The molecule has 156 valence electrons. The first-order valence-electron chi connectivity index (χ1n) is 10.6. The molecule has 0 radical (unpaired) electrons. The van der Waals surface area contributed by atoms with Crippen LogP contribution in [0.4, 0.5) is 0 Å². The maximum absolute atomic E-state index is 12.9. The molecule has 3 amide bonds. The van der Waals surface area contributed by atoms with Gasteiger partial charge in [-0.25, -0.2) is 0 Å². The van der Waals surface area contributed by atoms with E-state index in [0.29, 0.717) is 30.2 Å². The molecule has 1 aromatic rings. The Morgan fingerprint density at radius 3 is 2.41 bits per heavy atom. The standard InChI is InChI=1S/C22H29N3O4/c26-19-10-17(22(29)25-12-15-7-4-8-16(15)13-25)9-18(19)24-20(27)11-23-21(28)14-5-2-1-3-6-14/h1-3,5-6,15-19,26H,4,7-13H2,(H,23,28)(H,24,27)/t15-,16+,17-,18-,19-/m0/s1. The number of nitrogens with one attached hydrogen (secondary N) is 2. The molecule has 5 atom stereocenters. The largest absolute Gasteiger partial charge is 0.391 e. The Morgan fingerprint density at radius 1 is 1.03 bits per heavy atom. The van der Waals surface area contributed by atoms with E-state index in [1.165, 1.54) is 19.3 Å². The number of carbonyl (C=O) groups excluding carboxylic acids is 3. The molecule has 2 aliphatic carbocycles. The summed E-state index contributed by atoms with van der Waals surface area (Å²) in [6, 6.07) is 8.24. The van der Waals surface area contributed by atoms with E-state index in [1.807, 2.05) is 11.0 Å². The first kappa shape index (κ1) is 19.9. The van der Waals surface area contributed by atoms with Gasteiger partial charge >= 0.3 is 0 Å². The van der Waals surface area contributed by atoms with E-state index >= 15 is 0 Å². The predicted molar refractivity (Wildman–Crippen MR) is 107 cm³/mol. The van der Waals surface area contributed by atoms with E-state index in [2.05, 4.69) is 10.6 Å². The minimum atomic E-state index is -0.736. The maximum atomic E-state index is 12.9. The van der Waals surface area contributed by atoms with E-state index < -0.39 is 12.1 Å². The molecule has 29 heavy (non-hydrogen) atoms. The number of rotatable bonds is 5. The van der Waals surface area contributed by atoms with Crippen molar-refractivity contribution in [3.05, 3.63) is 35.9 Å². The van der Waals surface area contributed by atoms with Crippen molar-refractivity contribution in [3.63, 3.8) is 0 Å². The molecule has 1 saturated heterocycles. The second-order valence-corrected chi connectivity index (χ2v) is 8.65. The Morgan fingerprint density at radius 2 is 1.72 bits per heavy atom. The lowest BCUT2D eigenvalue weighted by molar-refractivity contribution is -0.135. The molecule has 3 fully saturated rings. The Balaban J connectivity index is 1.24. The third kappa shape index (κ3) is 4.45. The van der Waals surface area contributed by atoms with Gasteiger partial charge in [0.25, 0.3) is 5.91 Å². The zero-order valence-electron chi connectivity index (χ0n) is 16.5. The molecule has 7 heteroatoms. The highest BCUT2D eigenvalue weighted by Gasteiger charge is 2.43. The van der Waals surface area contributed by atoms with Crippen LogP contribution in [0.25, 0.3) is 0 Å². The van der Waals surface area contributed by atoms with E-state index in [4.69, 9.17) is 0 Å². The number of hydrogen-bond acceptors (Lipinski definition) is 4. The molecule has 1 aliphatic heterocycles. The molecule has 7 nitrogen and oxygen atoms in total. The lowest BCUT2D eigenvalue weighted by atomic mass is 10.0. The average molecular weight is 399 g/mol. The van der Waals surface area contributed by atoms with Gasteiger partial charge in [0, 0.05) is 24.6 Å². The molecule has 0 unspecified atom stereocenters. The first-order chi connectivity index (χ1) is 14.0. The third-order valence-corrected chi connectivity index (χ3v) is 6.71. The normalized spacial score (nSPS) is 30.8. The topological polar surface area (TPSA) is 98.7 Å². The van der Waals surface area contributed by atoms with Crippen molar-refractivity contribution in [3.8, 4) is 0 Å². The number of aliphatic hydroxyl groups is 1. The van der Waals surface area contributed by atoms with Crippen molar-refractivity contribution < 1.29 is 19.5 Å². The van der Waals surface area contributed by atoms with Gasteiger partial charge in [0.15, 0.2) is 0 Å². The Kier molecular flexibility index (Phi) is 5.85. The average Bonchev–Trinajstić information content (AvgIpc) is 3.42. The minimum absolute atomic E-state index is 0.118. The van der Waals surface area contributed by atoms with Gasteiger partial charge in [-0.1, -0.05) is 24.6 Å². The molecule has 1 aromatic carbocycles. The fraction of sp³-hybridized carbons (Fsp3) is 0.591. The van der Waals surface area contributed by atoms with Crippen molar-refractivity contribution in [1.29, 1.82) is 0 Å². The molecular weight excluding hydrogens is 370 g/mol. The summed E-state index contributed by atoms with van der Waals surface area (Å²) in [6.07, 6.45) is 3.80. The second kappa shape index (κ2) is 8.53. The molecule has 0 spiro atoms. The smallest absolute Gasteiger partial charge is 0.251 e. The maximum Gasteiger partial charge on any atom is 0.251 e. The predicted octanol–water partition coefficient (Wildman–Crippen LogP) is 0.931. The van der Waals surface area contributed by atoms with Crippen molar-refractivity contribution >= 4 is 17.7 Å². The zero-order chi connectivity index (χ0) is 20.4. The van der Waals surface area contributed by atoms with Gasteiger partial charge in [0.1, 0.15) is 0 Å². The van der Waals surface area contributed by atoms with Gasteiger partial charge in [-0.2, -0.15) is 0 Å². The summed E-state index contributed by atoms with van der Waals surface area (Å²) in [6.45, 7) is 1.53. The van der Waals surface area contributed by atoms with Crippen LogP contribution in [-0.2, 0) is 9.59 Å². The van der Waals surface area contributed by atoms with Gasteiger partial charge in [-0.05, 0) is 49.7 Å². The molecule has 3 N–H and O–H groups in total. The lowest BCUT2D eigenvalue weighted by Crippen LogP contribution is -2.45. The second-order valence-electron chi connectivity index (χ2n) is 8.65. The van der Waals surface area contributed by atoms with Gasteiger partial charge < -0.3 is 20.6 Å². The van der Waals surface area contributed by atoms with Crippen molar-refractivity contribution in [2.75, 3.05) is 19.6 Å². The van der Waals surface area contributed by atoms with E-state index in [9.17, 15) is 19.5 Å². The molecule has 0 bridgehead atoms. The lowest BCUT2D eigenvalue weighted by Gasteiger charge is -2.21. The number of aliphatic hydroxyl groups excluding tert-OH is 1. The fourth-order valence-corrected chi connectivity index (χ4v) is 5.16. The highest BCUT2D eigenvalue weighted by molar-refractivity contribution is 5.96. The van der Waals surface area contributed by atoms with Crippen LogP contribution in [0.3, 0.4) is 0 Å². The van der Waals surface area contributed by atoms with Gasteiger partial charge in [-0.15, -0.1) is 0 Å². The van der Waals surface area contributed by atoms with Gasteiger partial charge in [0.2, 0.25) is 11.8 Å². The SMILES string of the molecule is O=C(CNC(=O)c1ccccc1)N[C@H]1C[C@H](C(=O)N2C[C@H]3CCC[C@H]3C2)C[C@@H]1O. The van der Waals surface area contributed by atoms with Gasteiger partial charge in [0.05, 0.1) is 18.7 Å². The number of nitrogens with zero attached hydrogens (tertiary/aromatic N) is 1. The van der Waals surface area contributed by atoms with E-state index in [-0.39, 0.29) is 30.2 Å². The molecular formula is C22H29N3O4. The van der Waals surface area contributed by atoms with Crippen LogP contribution in [0, 0.1) is 17.8 Å². The van der Waals surface area contributed by atoms with Crippen molar-refractivity contribution in [2.24, 2.45) is 17.8 Å². The van der Waals surface area contributed by atoms with Crippen LogP contribution in [-0.4, -0.2) is 59.5 Å². The van der Waals surface area contributed by atoms with E-state index in [0.717, 1.165) is 13.1 Å². The van der Waals surface area contributed by atoms with Crippen molar-refractivity contribution in [1.82, 2.24) is 15.5 Å². The Labute approximate surface area is 170 Å². The highest BCUT2D eigenvalue weighted by atomic mass is 16.3. The third-order valence-electron chi connectivity index (χ3n) is 6.71. The summed E-state index contributed by atoms with van der Waals surface area (Å²) in [5.74, 6) is 0.492. The molecule has 1 heterocycles. The summed E-state index contributed by atoms with van der Waals surface area (Å²) in [5.41, 5.74) is 0.488. The fourth-order valence-electron chi connectivity index (χ4n) is 5.16. The first-order valence-corrected chi connectivity index (χ1v) is 10.6. The Hall–Kier alpha value is -2.41. The van der Waals surface area contributed by atoms with Crippen molar-refractivity contribution in [2.45, 2.75) is 44.2 Å². The number of carbonyl (C=O) groups is 3. The number of hydrogen-bond donors (Lipinski definition) is 3. The number of amides is 3. The van der Waals surface area contributed by atoms with Crippen LogP contribution >= 0.6 is 0 Å². The minimum Gasteiger partial charge on any atom is -0.391 e. The summed E-state index contributed by atoms with van der Waals surface area (Å²) in [5, 5.41) is 15.7. The molecule has 4 rings (SSSR count). The van der Waals surface area contributed by atoms with Crippen LogP contribution in [0.1, 0.15) is 42.5 Å². The summed E-state index contributed by atoms with van der Waals surface area (Å²) < 4.78 is 0. The monoisotopic (exact) mass is 399 g/mol. The van der Waals surface area contributed by atoms with Crippen LogP contribution in [0.2, 0.25) is 0 Å². The van der Waals surface area contributed by atoms with Crippen LogP contribution < -0.4 is 10.6 Å². The van der Waals surface area contributed by atoms with Crippen LogP contribution in [0.15, 0.2) is 30.3 Å². The highest BCUT2D eigenvalue weighted by Crippen LogP contribution is 2.39. The van der Waals surface area contributed by atoms with Crippen LogP contribution in [0.5, 0.6) is 0 Å². The van der Waals surface area contributed by atoms with E-state index in [1.54, 1.807) is 24.3 Å². The van der Waals surface area contributed by atoms with Gasteiger partial charge in [-0.3, -0.25) is 14.4 Å².